The smallest absolute Gasteiger partial charge is 0.416 e. The molecule has 10 nitrogen and oxygen atoms in total. The van der Waals surface area contributed by atoms with Crippen molar-refractivity contribution in [2.75, 3.05) is 26.0 Å². The Hall–Kier alpha value is -2.51. The number of carbonyl (C=O) groups is 2. The van der Waals surface area contributed by atoms with Crippen molar-refractivity contribution in [3.8, 4) is 0 Å². The number of nitrogen functional groups attached to an aromatic ring is 1. The molecule has 0 radical (unpaired) electrons. The molecule has 0 aliphatic rings. The van der Waals surface area contributed by atoms with Gasteiger partial charge in [-0.25, -0.2) is 18.1 Å². The summed E-state index contributed by atoms with van der Waals surface area (Å²) in [5, 5.41) is 10.2. The van der Waals surface area contributed by atoms with Crippen LogP contribution in [0.15, 0.2) is 57.9 Å². The third-order valence-corrected chi connectivity index (χ3v) is 9.52. The number of nitrogens with two attached hydrogens (primary N) is 2. The lowest BCUT2D eigenvalue weighted by atomic mass is 10.0. The molecule has 2 aromatic carbocycles. The van der Waals surface area contributed by atoms with Crippen LogP contribution in [0.4, 0.5) is 10.5 Å². The van der Waals surface area contributed by atoms with E-state index in [0.29, 0.717) is 37.8 Å². The Morgan fingerprint density at radius 2 is 1.68 bits per heavy atom. The topological polar surface area (TPSA) is 156 Å². The van der Waals surface area contributed by atoms with Crippen LogP contribution in [0.1, 0.15) is 51.5 Å². The molecule has 0 unspecified atom stereocenters. The van der Waals surface area contributed by atoms with Crippen molar-refractivity contribution in [1.29, 1.82) is 0 Å². The average Bonchev–Trinajstić information content (AvgIpc) is 2.94. The van der Waals surface area contributed by atoms with E-state index in [1.165, 1.54) is 35.7 Å². The van der Waals surface area contributed by atoms with E-state index in [1.54, 1.807) is 0 Å². The van der Waals surface area contributed by atoms with Gasteiger partial charge in [0.15, 0.2) is 0 Å². The van der Waals surface area contributed by atoms with E-state index in [1.807, 2.05) is 38.1 Å². The van der Waals surface area contributed by atoms with Gasteiger partial charge in [0.2, 0.25) is 15.9 Å². The lowest BCUT2D eigenvalue weighted by Gasteiger charge is -2.32. The fourth-order valence-electron chi connectivity index (χ4n) is 4.61. The SMILES string of the molecule is CCCN([C@H](CO)CCC[C@H](CC)N(C(=O)OC)C(=O)[C@@H](N)Cc1ccccc1Br)S(=O)(=O)c1ccc(N)cc1. The van der Waals surface area contributed by atoms with Gasteiger partial charge in [0.1, 0.15) is 0 Å². The fourth-order valence-corrected chi connectivity index (χ4v) is 6.79. The Labute approximate surface area is 245 Å². The highest BCUT2D eigenvalue weighted by Gasteiger charge is 2.34. The molecule has 0 aliphatic heterocycles. The molecule has 2 amide bonds. The highest BCUT2D eigenvalue weighted by atomic mass is 79.9. The summed E-state index contributed by atoms with van der Waals surface area (Å²) in [6.07, 6.45) is 1.60. The molecule has 0 aromatic heterocycles. The van der Waals surface area contributed by atoms with E-state index < -0.39 is 40.1 Å². The van der Waals surface area contributed by atoms with Gasteiger partial charge in [0.25, 0.3) is 0 Å². The molecule has 3 atom stereocenters. The van der Waals surface area contributed by atoms with Crippen molar-refractivity contribution in [1.82, 2.24) is 9.21 Å². The highest BCUT2D eigenvalue weighted by Crippen LogP contribution is 2.24. The largest absolute Gasteiger partial charge is 0.452 e. The predicted molar refractivity (Wildman–Crippen MR) is 159 cm³/mol. The van der Waals surface area contributed by atoms with Gasteiger partial charge >= 0.3 is 6.09 Å². The monoisotopic (exact) mass is 640 g/mol. The number of aliphatic hydroxyl groups excluding tert-OH is 1. The fraction of sp³-hybridized carbons (Fsp3) is 0.500. The number of hydrogen-bond donors (Lipinski definition) is 3. The molecular weight excluding hydrogens is 600 g/mol. The molecule has 0 aliphatic carbocycles. The Bertz CT molecular complexity index is 1210. The molecule has 222 valence electrons. The summed E-state index contributed by atoms with van der Waals surface area (Å²) in [7, 11) is -2.67. The number of anilines is 1. The molecule has 0 fully saturated rings. The van der Waals surface area contributed by atoms with Crippen LogP contribution >= 0.6 is 15.9 Å². The molecule has 0 heterocycles. The second-order valence-electron chi connectivity index (χ2n) is 9.59. The maximum absolute atomic E-state index is 13.4. The third-order valence-electron chi connectivity index (χ3n) is 6.78. The minimum Gasteiger partial charge on any atom is -0.452 e. The van der Waals surface area contributed by atoms with Crippen LogP contribution in [0.3, 0.4) is 0 Å². The zero-order valence-electron chi connectivity index (χ0n) is 23.3. The van der Waals surface area contributed by atoms with Gasteiger partial charge < -0.3 is 21.3 Å². The summed E-state index contributed by atoms with van der Waals surface area (Å²) >= 11 is 3.46. The lowest BCUT2D eigenvalue weighted by Crippen LogP contribution is -2.52. The zero-order chi connectivity index (χ0) is 29.9. The Morgan fingerprint density at radius 3 is 2.23 bits per heavy atom. The van der Waals surface area contributed by atoms with E-state index in [0.717, 1.165) is 14.9 Å². The molecule has 0 bridgehead atoms. The average molecular weight is 642 g/mol. The number of hydrogen-bond acceptors (Lipinski definition) is 8. The molecule has 5 N–H and O–H groups in total. The van der Waals surface area contributed by atoms with E-state index in [-0.39, 0.29) is 24.5 Å². The Morgan fingerprint density at radius 1 is 1.05 bits per heavy atom. The van der Waals surface area contributed by atoms with Gasteiger partial charge in [-0.15, -0.1) is 0 Å². The minimum absolute atomic E-state index is 0.0986. The van der Waals surface area contributed by atoms with Gasteiger partial charge in [0, 0.05) is 28.8 Å². The number of nitrogens with zero attached hydrogens (tertiary/aromatic N) is 2. The second-order valence-corrected chi connectivity index (χ2v) is 12.3. The number of sulfonamides is 1. The summed E-state index contributed by atoms with van der Waals surface area (Å²) < 4.78 is 33.9. The number of methoxy groups -OCH3 is 1. The number of aliphatic hydroxyl groups is 1. The van der Waals surface area contributed by atoms with Crippen LogP contribution in [0.2, 0.25) is 0 Å². The molecule has 2 rings (SSSR count). The third kappa shape index (κ3) is 8.74. The first-order valence-corrected chi connectivity index (χ1v) is 15.6. The zero-order valence-corrected chi connectivity index (χ0v) is 25.7. The van der Waals surface area contributed by atoms with Crippen LogP contribution in [0.5, 0.6) is 0 Å². The van der Waals surface area contributed by atoms with Crippen molar-refractivity contribution >= 4 is 43.6 Å². The molecule has 12 heteroatoms. The van der Waals surface area contributed by atoms with Crippen molar-refractivity contribution in [3.05, 3.63) is 58.6 Å². The normalized spacial score (nSPS) is 14.0. The first kappa shape index (κ1) is 33.7. The van der Waals surface area contributed by atoms with Crippen molar-refractivity contribution in [3.63, 3.8) is 0 Å². The summed E-state index contributed by atoms with van der Waals surface area (Å²) in [5.74, 6) is -0.549. The van der Waals surface area contributed by atoms with Gasteiger partial charge in [-0.3, -0.25) is 4.79 Å². The molecule has 0 saturated carbocycles. The summed E-state index contributed by atoms with van der Waals surface area (Å²) in [6, 6.07) is 11.2. The van der Waals surface area contributed by atoms with Gasteiger partial charge in [0.05, 0.1) is 24.7 Å². The van der Waals surface area contributed by atoms with E-state index >= 15 is 0 Å². The Kier molecular flexibility index (Phi) is 13.5. The van der Waals surface area contributed by atoms with E-state index in [9.17, 15) is 23.1 Å². The van der Waals surface area contributed by atoms with Crippen molar-refractivity contribution in [2.45, 2.75) is 75.4 Å². The van der Waals surface area contributed by atoms with Crippen LogP contribution < -0.4 is 11.5 Å². The van der Waals surface area contributed by atoms with Crippen LogP contribution in [0, 0.1) is 0 Å². The molecule has 2 aromatic rings. The number of imide groups is 1. The van der Waals surface area contributed by atoms with Crippen molar-refractivity contribution < 1.29 is 27.9 Å². The van der Waals surface area contributed by atoms with Crippen LogP contribution in [-0.4, -0.2) is 73.1 Å². The molecule has 0 saturated heterocycles. The number of ether oxygens (including phenoxy) is 1. The molecule has 0 spiro atoms. The van der Waals surface area contributed by atoms with E-state index in [2.05, 4.69) is 15.9 Å². The summed E-state index contributed by atoms with van der Waals surface area (Å²) in [5.41, 5.74) is 13.3. The quantitative estimate of drug-likeness (QED) is 0.247. The van der Waals surface area contributed by atoms with Crippen LogP contribution in [-0.2, 0) is 26.0 Å². The number of benzene rings is 2. The van der Waals surface area contributed by atoms with Gasteiger partial charge in [-0.2, -0.15) is 4.31 Å². The molecular formula is C28H41BrN4O6S. The highest BCUT2D eigenvalue weighted by molar-refractivity contribution is 9.10. The maximum Gasteiger partial charge on any atom is 0.416 e. The Balaban J connectivity index is 2.18. The van der Waals surface area contributed by atoms with Gasteiger partial charge in [-0.05, 0) is 74.4 Å². The summed E-state index contributed by atoms with van der Waals surface area (Å²) in [4.78, 5) is 27.3. The second kappa shape index (κ2) is 16.1. The number of halogens is 1. The maximum atomic E-state index is 13.4. The number of carbonyl (C=O) groups excluding carboxylic acids is 2. The first-order valence-electron chi connectivity index (χ1n) is 13.4. The molecule has 40 heavy (non-hydrogen) atoms. The minimum atomic E-state index is -3.88. The standard InChI is InChI=1S/C28H41BrN4O6S/c1-4-17-32(40(37,38)24-15-13-21(30)14-16-24)23(19-34)11-8-10-22(5-2)33(28(36)39-3)27(35)26(31)18-20-9-6-7-12-25(20)29/h6-7,9,12-16,22-23,26,34H,4-5,8,10-11,17-19,30-31H2,1-3H3/t22-,23-,26-/m0/s1. The first-order chi connectivity index (χ1) is 19.0. The van der Waals surface area contributed by atoms with Gasteiger partial charge in [-0.1, -0.05) is 48.0 Å². The van der Waals surface area contributed by atoms with Crippen molar-refractivity contribution in [2.24, 2.45) is 5.73 Å². The number of amides is 2. The van der Waals surface area contributed by atoms with E-state index in [4.69, 9.17) is 16.2 Å². The number of rotatable bonds is 15. The van der Waals surface area contributed by atoms with Crippen LogP contribution in [0.25, 0.3) is 0 Å². The summed E-state index contributed by atoms with van der Waals surface area (Å²) in [6.45, 7) is 3.57. The predicted octanol–water partition coefficient (Wildman–Crippen LogP) is 3.91. The lowest BCUT2D eigenvalue weighted by molar-refractivity contribution is -0.133.